The summed E-state index contributed by atoms with van der Waals surface area (Å²) in [6.45, 7) is 4.78. The first-order chi connectivity index (χ1) is 12.5. The van der Waals surface area contributed by atoms with Crippen LogP contribution in [-0.2, 0) is 16.1 Å². The van der Waals surface area contributed by atoms with Gasteiger partial charge >= 0.3 is 5.97 Å². The highest BCUT2D eigenvalue weighted by Crippen LogP contribution is 2.27. The second-order valence-electron chi connectivity index (χ2n) is 6.42. The van der Waals surface area contributed by atoms with E-state index >= 15 is 0 Å². The Morgan fingerprint density at radius 2 is 2.04 bits per heavy atom. The number of aryl methyl sites for hydroxylation is 2. The molecule has 1 aromatic carbocycles. The zero-order chi connectivity index (χ0) is 18.7. The maximum atomic E-state index is 12.1. The fraction of sp³-hybridized carbons (Fsp3) is 0.368. The Morgan fingerprint density at radius 3 is 2.77 bits per heavy atom. The van der Waals surface area contributed by atoms with Crippen molar-refractivity contribution in [1.29, 1.82) is 0 Å². The van der Waals surface area contributed by atoms with Gasteiger partial charge < -0.3 is 10.4 Å². The number of nitrogens with zero attached hydrogens (tertiary/aromatic N) is 3. The number of pyridine rings is 1. The molecule has 0 aliphatic carbocycles. The number of carboxylic acids is 1. The van der Waals surface area contributed by atoms with Gasteiger partial charge in [-0.2, -0.15) is 5.10 Å². The molecule has 2 aromatic heterocycles. The molecule has 26 heavy (non-hydrogen) atoms. The smallest absolute Gasteiger partial charge is 0.303 e. The summed E-state index contributed by atoms with van der Waals surface area (Å²) >= 11 is 0. The maximum absolute atomic E-state index is 12.1. The highest BCUT2D eigenvalue weighted by molar-refractivity contribution is 6.02. The van der Waals surface area contributed by atoms with Gasteiger partial charge in [0.25, 0.3) is 0 Å². The van der Waals surface area contributed by atoms with E-state index in [2.05, 4.69) is 23.4 Å². The summed E-state index contributed by atoms with van der Waals surface area (Å²) in [5.74, 6) is -0.662. The number of carbonyl (C=O) groups is 2. The quantitative estimate of drug-likeness (QED) is 0.677. The lowest BCUT2D eigenvalue weighted by molar-refractivity contribution is -0.137. The van der Waals surface area contributed by atoms with E-state index < -0.39 is 5.97 Å². The predicted molar refractivity (Wildman–Crippen MR) is 100 cm³/mol. The van der Waals surface area contributed by atoms with Gasteiger partial charge in [-0.1, -0.05) is 18.6 Å². The minimum absolute atomic E-state index is 0.0239. The van der Waals surface area contributed by atoms with Crippen LogP contribution >= 0.6 is 0 Å². The normalized spacial score (nSPS) is 11.2. The number of hydrogen-bond donors (Lipinski definition) is 2. The van der Waals surface area contributed by atoms with Crippen LogP contribution in [0.5, 0.6) is 0 Å². The van der Waals surface area contributed by atoms with Crippen molar-refractivity contribution in [2.45, 2.75) is 46.1 Å². The third-order valence-corrected chi connectivity index (χ3v) is 4.16. The van der Waals surface area contributed by atoms with Gasteiger partial charge in [-0.15, -0.1) is 0 Å². The molecule has 0 radical (unpaired) electrons. The number of benzene rings is 1. The van der Waals surface area contributed by atoms with Crippen LogP contribution in [0.4, 0.5) is 5.82 Å². The summed E-state index contributed by atoms with van der Waals surface area (Å²) in [6.07, 6.45) is 1.32. The van der Waals surface area contributed by atoms with Crippen molar-refractivity contribution in [2.75, 3.05) is 5.32 Å². The van der Waals surface area contributed by atoms with E-state index in [1.807, 2.05) is 29.8 Å². The fourth-order valence-corrected chi connectivity index (χ4v) is 2.93. The Hall–Kier alpha value is -2.96. The SMILES string of the molecule is CCCn1nc(NC(=O)CCCC(=O)O)c2cc3cc(C)ccc3nc21. The molecule has 0 atom stereocenters. The van der Waals surface area contributed by atoms with Crippen LogP contribution in [0.15, 0.2) is 24.3 Å². The first kappa shape index (κ1) is 17.8. The monoisotopic (exact) mass is 354 g/mol. The molecule has 7 heteroatoms. The lowest BCUT2D eigenvalue weighted by atomic mass is 10.1. The van der Waals surface area contributed by atoms with E-state index in [4.69, 9.17) is 10.1 Å². The molecule has 0 fully saturated rings. The van der Waals surface area contributed by atoms with Gasteiger partial charge in [0.15, 0.2) is 11.5 Å². The van der Waals surface area contributed by atoms with Gasteiger partial charge in [0, 0.05) is 24.8 Å². The molecule has 3 rings (SSSR count). The first-order valence-electron chi connectivity index (χ1n) is 8.77. The molecule has 0 saturated heterocycles. The number of aliphatic carboxylic acids is 1. The van der Waals surface area contributed by atoms with Gasteiger partial charge in [-0.25, -0.2) is 9.67 Å². The van der Waals surface area contributed by atoms with Crippen molar-refractivity contribution < 1.29 is 14.7 Å². The van der Waals surface area contributed by atoms with E-state index in [1.54, 1.807) is 0 Å². The first-order valence-corrected chi connectivity index (χ1v) is 8.77. The summed E-state index contributed by atoms with van der Waals surface area (Å²) in [5, 5.41) is 17.8. The molecule has 7 nitrogen and oxygen atoms in total. The predicted octanol–water partition coefficient (Wildman–Crippen LogP) is 3.50. The van der Waals surface area contributed by atoms with Crippen LogP contribution in [0.1, 0.15) is 38.2 Å². The molecular formula is C19H22N4O3. The molecule has 0 saturated carbocycles. The van der Waals surface area contributed by atoms with E-state index in [9.17, 15) is 9.59 Å². The number of carbonyl (C=O) groups excluding carboxylic acids is 1. The molecule has 3 aromatic rings. The fourth-order valence-electron chi connectivity index (χ4n) is 2.93. The molecule has 0 spiro atoms. The lowest BCUT2D eigenvalue weighted by Gasteiger charge is -2.03. The van der Waals surface area contributed by atoms with Crippen molar-refractivity contribution in [2.24, 2.45) is 0 Å². The third kappa shape index (κ3) is 3.82. The number of amides is 1. The molecule has 136 valence electrons. The molecular weight excluding hydrogens is 332 g/mol. The number of anilines is 1. The Bertz CT molecular complexity index is 978. The van der Waals surface area contributed by atoms with E-state index in [-0.39, 0.29) is 18.7 Å². The zero-order valence-corrected chi connectivity index (χ0v) is 15.0. The van der Waals surface area contributed by atoms with Crippen LogP contribution < -0.4 is 5.32 Å². The van der Waals surface area contributed by atoms with Gasteiger partial charge in [-0.05, 0) is 38.0 Å². The molecule has 0 unspecified atom stereocenters. The Labute approximate surface area is 151 Å². The minimum atomic E-state index is -0.901. The van der Waals surface area contributed by atoms with Crippen molar-refractivity contribution in [1.82, 2.24) is 14.8 Å². The molecule has 0 aliphatic heterocycles. The topological polar surface area (TPSA) is 97.1 Å². The zero-order valence-electron chi connectivity index (χ0n) is 15.0. The standard InChI is InChI=1S/C19H22N4O3/c1-3-9-23-19-14(11-13-10-12(2)7-8-15(13)20-19)18(22-23)21-16(24)5-4-6-17(25)26/h7-8,10-11H,3-6,9H2,1-2H3,(H,25,26)(H,21,22,24). The second kappa shape index (κ2) is 7.51. The highest BCUT2D eigenvalue weighted by Gasteiger charge is 2.15. The number of aromatic nitrogens is 3. The van der Waals surface area contributed by atoms with Crippen molar-refractivity contribution in [3.8, 4) is 0 Å². The van der Waals surface area contributed by atoms with Crippen LogP contribution in [0.25, 0.3) is 21.9 Å². The Kier molecular flexibility index (Phi) is 5.16. The molecule has 0 bridgehead atoms. The summed E-state index contributed by atoms with van der Waals surface area (Å²) < 4.78 is 1.81. The van der Waals surface area contributed by atoms with E-state index in [0.717, 1.165) is 33.9 Å². The summed E-state index contributed by atoms with van der Waals surface area (Å²) in [7, 11) is 0. The highest BCUT2D eigenvalue weighted by atomic mass is 16.4. The van der Waals surface area contributed by atoms with Gasteiger partial charge in [-0.3, -0.25) is 9.59 Å². The molecule has 2 N–H and O–H groups in total. The molecule has 1 amide bonds. The average molecular weight is 354 g/mol. The maximum Gasteiger partial charge on any atom is 0.303 e. The summed E-state index contributed by atoms with van der Waals surface area (Å²) in [5.41, 5.74) is 2.77. The Balaban J connectivity index is 1.95. The number of hydrogen-bond acceptors (Lipinski definition) is 4. The van der Waals surface area contributed by atoms with E-state index in [1.165, 1.54) is 0 Å². The van der Waals surface area contributed by atoms with Gasteiger partial charge in [0.2, 0.25) is 5.91 Å². The largest absolute Gasteiger partial charge is 0.481 e. The van der Waals surface area contributed by atoms with Crippen molar-refractivity contribution >= 4 is 39.6 Å². The van der Waals surface area contributed by atoms with Gasteiger partial charge in [0.05, 0.1) is 10.9 Å². The van der Waals surface area contributed by atoms with Gasteiger partial charge in [0.1, 0.15) is 0 Å². The molecule has 0 aliphatic rings. The third-order valence-electron chi connectivity index (χ3n) is 4.16. The number of fused-ring (bicyclic) bond motifs is 2. The molecule has 2 heterocycles. The number of carboxylic acid groups (broad SMARTS) is 1. The summed E-state index contributed by atoms with van der Waals surface area (Å²) in [6, 6.07) is 8.05. The van der Waals surface area contributed by atoms with Crippen LogP contribution in [0.2, 0.25) is 0 Å². The van der Waals surface area contributed by atoms with Crippen LogP contribution in [-0.4, -0.2) is 31.7 Å². The lowest BCUT2D eigenvalue weighted by Crippen LogP contribution is -2.13. The average Bonchev–Trinajstić information content (AvgIpc) is 2.89. The van der Waals surface area contributed by atoms with Crippen molar-refractivity contribution in [3.63, 3.8) is 0 Å². The van der Waals surface area contributed by atoms with Crippen molar-refractivity contribution in [3.05, 3.63) is 29.8 Å². The Morgan fingerprint density at radius 1 is 1.23 bits per heavy atom. The minimum Gasteiger partial charge on any atom is -0.481 e. The number of rotatable bonds is 7. The van der Waals surface area contributed by atoms with Crippen LogP contribution in [0.3, 0.4) is 0 Å². The van der Waals surface area contributed by atoms with Crippen LogP contribution in [0, 0.1) is 6.92 Å². The summed E-state index contributed by atoms with van der Waals surface area (Å²) in [4.78, 5) is 27.5. The second-order valence-corrected chi connectivity index (χ2v) is 6.42. The van der Waals surface area contributed by atoms with E-state index in [0.29, 0.717) is 18.8 Å². The number of nitrogens with one attached hydrogen (secondary N) is 1.